The molecule has 0 aliphatic carbocycles. The zero-order valence-corrected chi connectivity index (χ0v) is 11.1. The van der Waals surface area contributed by atoms with E-state index in [2.05, 4.69) is 39.5 Å². The van der Waals surface area contributed by atoms with Crippen LogP contribution in [0.25, 0.3) is 0 Å². The fourth-order valence-electron chi connectivity index (χ4n) is 3.15. The maximum Gasteiger partial charge on any atom is 0.0293 e. The summed E-state index contributed by atoms with van der Waals surface area (Å²) in [6, 6.07) is 0.774. The second-order valence-corrected chi connectivity index (χ2v) is 6.41. The molecule has 15 heavy (non-hydrogen) atoms. The summed E-state index contributed by atoms with van der Waals surface area (Å²) in [4.78, 5) is 2.61. The van der Waals surface area contributed by atoms with Crippen LogP contribution in [0.15, 0.2) is 0 Å². The molecule has 1 saturated heterocycles. The minimum absolute atomic E-state index is 0.260. The fourth-order valence-corrected chi connectivity index (χ4v) is 3.15. The van der Waals surface area contributed by atoms with Gasteiger partial charge in [-0.15, -0.1) is 0 Å². The minimum atomic E-state index is 0.260. The van der Waals surface area contributed by atoms with Crippen LogP contribution in [-0.2, 0) is 0 Å². The standard InChI is InChI=1S/C13H28N2/c1-10-7-6-8-15(9-10)12(11(2)14)13(3,4)5/h10-12H,6-9,14H2,1-5H3. The Bertz CT molecular complexity index is 193. The van der Waals surface area contributed by atoms with Gasteiger partial charge < -0.3 is 5.73 Å². The molecule has 1 aliphatic rings. The van der Waals surface area contributed by atoms with Crippen LogP contribution in [0.2, 0.25) is 0 Å². The summed E-state index contributed by atoms with van der Waals surface area (Å²) >= 11 is 0. The van der Waals surface area contributed by atoms with Crippen LogP contribution in [0.3, 0.4) is 0 Å². The molecule has 1 heterocycles. The third kappa shape index (κ3) is 3.46. The van der Waals surface area contributed by atoms with E-state index in [9.17, 15) is 0 Å². The fraction of sp³-hybridized carbons (Fsp3) is 1.00. The molecule has 1 rings (SSSR count). The molecule has 2 heteroatoms. The second kappa shape index (κ2) is 4.84. The molecule has 0 amide bonds. The van der Waals surface area contributed by atoms with Crippen LogP contribution >= 0.6 is 0 Å². The Morgan fingerprint density at radius 1 is 1.33 bits per heavy atom. The van der Waals surface area contributed by atoms with Crippen LogP contribution in [0.4, 0.5) is 0 Å². The molecule has 1 fully saturated rings. The SMILES string of the molecule is CC1CCCN(C(C(C)N)C(C)(C)C)C1. The van der Waals surface area contributed by atoms with Crippen molar-refractivity contribution in [2.75, 3.05) is 13.1 Å². The quantitative estimate of drug-likeness (QED) is 0.762. The van der Waals surface area contributed by atoms with Crippen molar-refractivity contribution in [3.63, 3.8) is 0 Å². The number of likely N-dealkylation sites (tertiary alicyclic amines) is 1. The molecule has 0 radical (unpaired) electrons. The first-order valence-corrected chi connectivity index (χ1v) is 6.32. The molecule has 0 bridgehead atoms. The maximum absolute atomic E-state index is 6.16. The van der Waals surface area contributed by atoms with E-state index >= 15 is 0 Å². The van der Waals surface area contributed by atoms with Crippen molar-refractivity contribution in [1.29, 1.82) is 0 Å². The Balaban J connectivity index is 2.71. The Morgan fingerprint density at radius 3 is 2.33 bits per heavy atom. The van der Waals surface area contributed by atoms with Crippen molar-refractivity contribution in [2.24, 2.45) is 17.1 Å². The summed E-state index contributed by atoms with van der Waals surface area (Å²) in [5, 5.41) is 0. The molecule has 0 aromatic carbocycles. The highest BCUT2D eigenvalue weighted by Crippen LogP contribution is 2.29. The maximum atomic E-state index is 6.16. The van der Waals surface area contributed by atoms with Gasteiger partial charge in [0.05, 0.1) is 0 Å². The van der Waals surface area contributed by atoms with Crippen molar-refractivity contribution in [3.8, 4) is 0 Å². The van der Waals surface area contributed by atoms with E-state index in [4.69, 9.17) is 5.73 Å². The summed E-state index contributed by atoms with van der Waals surface area (Å²) in [5.41, 5.74) is 6.44. The number of rotatable bonds is 2. The number of piperidine rings is 1. The van der Waals surface area contributed by atoms with Gasteiger partial charge in [-0.05, 0) is 37.6 Å². The molecule has 0 spiro atoms. The third-order valence-electron chi connectivity index (χ3n) is 3.47. The van der Waals surface area contributed by atoms with E-state index in [0.717, 1.165) is 5.92 Å². The third-order valence-corrected chi connectivity index (χ3v) is 3.47. The first kappa shape index (κ1) is 13.0. The molecule has 1 aliphatic heterocycles. The summed E-state index contributed by atoms with van der Waals surface area (Å²) < 4.78 is 0. The smallest absolute Gasteiger partial charge is 0.0293 e. The Morgan fingerprint density at radius 2 is 1.93 bits per heavy atom. The van der Waals surface area contributed by atoms with Gasteiger partial charge in [0, 0.05) is 18.6 Å². The average Bonchev–Trinajstić information content (AvgIpc) is 1.99. The first-order valence-electron chi connectivity index (χ1n) is 6.32. The van der Waals surface area contributed by atoms with E-state index in [-0.39, 0.29) is 11.5 Å². The Labute approximate surface area is 95.2 Å². The average molecular weight is 212 g/mol. The molecule has 3 unspecified atom stereocenters. The van der Waals surface area contributed by atoms with E-state index in [1.54, 1.807) is 0 Å². The van der Waals surface area contributed by atoms with Crippen LogP contribution in [0.1, 0.15) is 47.5 Å². The summed E-state index contributed by atoms with van der Waals surface area (Å²) in [6.07, 6.45) is 2.72. The molecule has 3 atom stereocenters. The number of hydrogen-bond donors (Lipinski definition) is 1. The van der Waals surface area contributed by atoms with Gasteiger partial charge in [0.2, 0.25) is 0 Å². The molecule has 0 aromatic rings. The molecule has 0 saturated carbocycles. The Kier molecular flexibility index (Phi) is 4.19. The summed E-state index contributed by atoms with van der Waals surface area (Å²) in [7, 11) is 0. The van der Waals surface area contributed by atoms with Crippen LogP contribution in [0, 0.1) is 11.3 Å². The lowest BCUT2D eigenvalue weighted by molar-refractivity contribution is 0.0478. The van der Waals surface area contributed by atoms with Crippen LogP contribution in [0.5, 0.6) is 0 Å². The highest BCUT2D eigenvalue weighted by atomic mass is 15.2. The largest absolute Gasteiger partial charge is 0.327 e. The number of hydrogen-bond acceptors (Lipinski definition) is 2. The topological polar surface area (TPSA) is 29.3 Å². The first-order chi connectivity index (χ1) is 6.82. The van der Waals surface area contributed by atoms with Crippen molar-refractivity contribution in [3.05, 3.63) is 0 Å². The molecule has 90 valence electrons. The van der Waals surface area contributed by atoms with E-state index in [1.807, 2.05) is 0 Å². The van der Waals surface area contributed by atoms with Gasteiger partial charge in [0.1, 0.15) is 0 Å². The van der Waals surface area contributed by atoms with Gasteiger partial charge in [-0.3, -0.25) is 4.90 Å². The van der Waals surface area contributed by atoms with Crippen molar-refractivity contribution >= 4 is 0 Å². The highest BCUT2D eigenvalue weighted by molar-refractivity contribution is 4.91. The molecule has 2 nitrogen and oxygen atoms in total. The van der Waals surface area contributed by atoms with Gasteiger partial charge in [0.25, 0.3) is 0 Å². The lowest BCUT2D eigenvalue weighted by Gasteiger charge is -2.45. The van der Waals surface area contributed by atoms with Gasteiger partial charge in [-0.2, -0.15) is 0 Å². The van der Waals surface area contributed by atoms with Crippen LogP contribution < -0.4 is 5.73 Å². The van der Waals surface area contributed by atoms with Crippen molar-refractivity contribution in [2.45, 2.75) is 59.5 Å². The zero-order valence-electron chi connectivity index (χ0n) is 11.1. The predicted octanol–water partition coefficient (Wildman–Crippen LogP) is 2.48. The highest BCUT2D eigenvalue weighted by Gasteiger charge is 2.34. The summed E-state index contributed by atoms with van der Waals surface area (Å²) in [6.45, 7) is 13.9. The Hall–Kier alpha value is -0.0800. The zero-order chi connectivity index (χ0) is 11.6. The summed E-state index contributed by atoms with van der Waals surface area (Å²) in [5.74, 6) is 0.836. The molecule has 0 aromatic heterocycles. The number of nitrogens with two attached hydrogens (primary N) is 1. The van der Waals surface area contributed by atoms with Gasteiger partial charge in [0.15, 0.2) is 0 Å². The number of nitrogens with zero attached hydrogens (tertiary/aromatic N) is 1. The molecular formula is C13H28N2. The van der Waals surface area contributed by atoms with Gasteiger partial charge in [-0.25, -0.2) is 0 Å². The predicted molar refractivity (Wildman–Crippen MR) is 66.9 cm³/mol. The monoisotopic (exact) mass is 212 g/mol. The van der Waals surface area contributed by atoms with E-state index < -0.39 is 0 Å². The van der Waals surface area contributed by atoms with Crippen molar-refractivity contribution < 1.29 is 0 Å². The lowest BCUT2D eigenvalue weighted by Crippen LogP contribution is -2.56. The second-order valence-electron chi connectivity index (χ2n) is 6.41. The van der Waals surface area contributed by atoms with E-state index in [1.165, 1.54) is 25.9 Å². The van der Waals surface area contributed by atoms with E-state index in [0.29, 0.717) is 6.04 Å². The molecular weight excluding hydrogens is 184 g/mol. The molecule has 2 N–H and O–H groups in total. The normalized spacial score (nSPS) is 28.8. The van der Waals surface area contributed by atoms with Gasteiger partial charge >= 0.3 is 0 Å². The lowest BCUT2D eigenvalue weighted by atomic mass is 9.80. The minimum Gasteiger partial charge on any atom is -0.327 e. The van der Waals surface area contributed by atoms with Gasteiger partial charge in [-0.1, -0.05) is 27.7 Å². The van der Waals surface area contributed by atoms with Crippen LogP contribution in [-0.4, -0.2) is 30.1 Å². The van der Waals surface area contributed by atoms with Crippen molar-refractivity contribution in [1.82, 2.24) is 4.90 Å².